The molecule has 2 aliphatic heterocycles. The zero-order chi connectivity index (χ0) is 22.8. The third kappa shape index (κ3) is 4.80. The van der Waals surface area contributed by atoms with Gasteiger partial charge in [-0.15, -0.1) is 0 Å². The number of nitrogens with one attached hydrogen (secondary N) is 1. The number of benzene rings is 1. The topological polar surface area (TPSA) is 67.8 Å². The third-order valence-electron chi connectivity index (χ3n) is 6.35. The molecule has 0 unspecified atom stereocenters. The molecule has 2 aromatic rings. The van der Waals surface area contributed by atoms with Crippen LogP contribution in [0.4, 0.5) is 22.2 Å². The van der Waals surface area contributed by atoms with E-state index in [2.05, 4.69) is 48.1 Å². The smallest absolute Gasteiger partial charge is 0.322 e. The molecule has 1 saturated heterocycles. The minimum absolute atomic E-state index is 0.0826. The number of hydrogen-bond donors (Lipinski definition) is 1. The summed E-state index contributed by atoms with van der Waals surface area (Å²) in [7, 11) is 6.16. The summed E-state index contributed by atoms with van der Waals surface area (Å²) in [5, 5.41) is 3.04. The van der Waals surface area contributed by atoms with Gasteiger partial charge in [-0.25, -0.2) is 9.78 Å². The van der Waals surface area contributed by atoms with E-state index in [4.69, 9.17) is 9.97 Å². The van der Waals surface area contributed by atoms with Gasteiger partial charge in [0.15, 0.2) is 0 Å². The van der Waals surface area contributed by atoms with E-state index in [1.807, 2.05) is 36.0 Å². The van der Waals surface area contributed by atoms with E-state index >= 15 is 0 Å². The lowest BCUT2D eigenvalue weighted by molar-refractivity contribution is 0.206. The van der Waals surface area contributed by atoms with E-state index < -0.39 is 0 Å². The van der Waals surface area contributed by atoms with Crippen molar-refractivity contribution in [2.45, 2.75) is 32.7 Å². The first-order valence-electron chi connectivity index (χ1n) is 11.5. The van der Waals surface area contributed by atoms with Gasteiger partial charge in [-0.2, -0.15) is 4.98 Å². The molecule has 1 aromatic carbocycles. The van der Waals surface area contributed by atoms with Crippen molar-refractivity contribution in [3.63, 3.8) is 0 Å². The Kier molecular flexibility index (Phi) is 6.50. The average molecular weight is 438 g/mol. The van der Waals surface area contributed by atoms with E-state index in [-0.39, 0.29) is 6.03 Å². The standard InChI is InChI=1S/C24H35N7O/c1-17(2)18-6-8-19(9-7-18)25-24(32)31-11-10-21-20(16-31)22(28(3)4)27-23(26-21)30-14-12-29(5)13-15-30/h6-9,17H,10-16H2,1-5H3,(H,25,32). The van der Waals surface area contributed by atoms with Crippen LogP contribution in [0, 0.1) is 0 Å². The van der Waals surface area contributed by atoms with Gasteiger partial charge in [-0.05, 0) is 30.7 Å². The number of nitrogens with zero attached hydrogens (tertiary/aromatic N) is 6. The number of amides is 2. The summed E-state index contributed by atoms with van der Waals surface area (Å²) in [6.45, 7) is 9.40. The van der Waals surface area contributed by atoms with Gasteiger partial charge in [0.05, 0.1) is 12.2 Å². The van der Waals surface area contributed by atoms with E-state index in [0.29, 0.717) is 19.0 Å². The van der Waals surface area contributed by atoms with Crippen LogP contribution in [0.15, 0.2) is 24.3 Å². The Morgan fingerprint density at radius 2 is 1.72 bits per heavy atom. The first-order valence-corrected chi connectivity index (χ1v) is 11.5. The largest absolute Gasteiger partial charge is 0.362 e. The van der Waals surface area contributed by atoms with Crippen LogP contribution < -0.4 is 15.1 Å². The summed E-state index contributed by atoms with van der Waals surface area (Å²) in [6, 6.07) is 8.01. The highest BCUT2D eigenvalue weighted by Gasteiger charge is 2.28. The molecule has 1 aromatic heterocycles. The van der Waals surface area contributed by atoms with Gasteiger partial charge < -0.3 is 24.9 Å². The van der Waals surface area contributed by atoms with Gasteiger partial charge in [0, 0.05) is 64.5 Å². The number of rotatable bonds is 4. The Labute approximate surface area is 191 Å². The normalized spacial score (nSPS) is 16.8. The Morgan fingerprint density at radius 3 is 2.34 bits per heavy atom. The van der Waals surface area contributed by atoms with Crippen molar-refractivity contribution in [2.75, 3.05) is 69.0 Å². The molecule has 8 heteroatoms. The molecule has 0 spiro atoms. The van der Waals surface area contributed by atoms with Crippen molar-refractivity contribution < 1.29 is 4.79 Å². The lowest BCUT2D eigenvalue weighted by Gasteiger charge is -2.35. The van der Waals surface area contributed by atoms with Gasteiger partial charge in [-0.1, -0.05) is 26.0 Å². The SMILES string of the molecule is CC(C)c1ccc(NC(=O)N2CCc3nc(N4CCN(C)CC4)nc(N(C)C)c3C2)cc1. The van der Waals surface area contributed by atoms with Crippen molar-refractivity contribution in [3.8, 4) is 0 Å². The Bertz CT molecular complexity index is 950. The molecule has 2 amide bonds. The molecule has 3 heterocycles. The number of carbonyl (C=O) groups excluding carboxylic acids is 1. The van der Waals surface area contributed by atoms with E-state index in [1.54, 1.807) is 0 Å². The minimum atomic E-state index is -0.0826. The Balaban J connectivity index is 1.50. The molecule has 1 fully saturated rings. The number of fused-ring (bicyclic) bond motifs is 1. The molecule has 0 aliphatic carbocycles. The van der Waals surface area contributed by atoms with Gasteiger partial charge in [-0.3, -0.25) is 0 Å². The van der Waals surface area contributed by atoms with E-state index in [9.17, 15) is 4.79 Å². The summed E-state index contributed by atoms with van der Waals surface area (Å²) in [4.78, 5) is 31.3. The molecule has 1 N–H and O–H groups in total. The molecule has 8 nitrogen and oxygen atoms in total. The van der Waals surface area contributed by atoms with Crippen LogP contribution in [-0.2, 0) is 13.0 Å². The minimum Gasteiger partial charge on any atom is -0.362 e. The monoisotopic (exact) mass is 437 g/mol. The summed E-state index contributed by atoms with van der Waals surface area (Å²) in [5.74, 6) is 2.19. The van der Waals surface area contributed by atoms with Crippen molar-refractivity contribution in [1.82, 2.24) is 19.8 Å². The number of anilines is 3. The number of aromatic nitrogens is 2. The van der Waals surface area contributed by atoms with Crippen LogP contribution in [0.3, 0.4) is 0 Å². The van der Waals surface area contributed by atoms with Crippen molar-refractivity contribution in [1.29, 1.82) is 0 Å². The fourth-order valence-corrected chi connectivity index (χ4v) is 4.23. The fourth-order valence-electron chi connectivity index (χ4n) is 4.23. The molecule has 0 radical (unpaired) electrons. The van der Waals surface area contributed by atoms with Crippen LogP contribution in [0.5, 0.6) is 0 Å². The second kappa shape index (κ2) is 9.32. The van der Waals surface area contributed by atoms with Crippen molar-refractivity contribution in [2.24, 2.45) is 0 Å². The molecule has 0 atom stereocenters. The van der Waals surface area contributed by atoms with Crippen molar-refractivity contribution >= 4 is 23.5 Å². The van der Waals surface area contributed by atoms with E-state index in [1.165, 1.54) is 5.56 Å². The van der Waals surface area contributed by atoms with Gasteiger partial charge >= 0.3 is 6.03 Å². The third-order valence-corrected chi connectivity index (χ3v) is 6.35. The zero-order valence-electron chi connectivity index (χ0n) is 19.9. The van der Waals surface area contributed by atoms with Gasteiger partial charge in [0.25, 0.3) is 0 Å². The second-order valence-corrected chi connectivity index (χ2v) is 9.34. The Morgan fingerprint density at radius 1 is 1.03 bits per heavy atom. The highest BCUT2D eigenvalue weighted by Crippen LogP contribution is 2.29. The molecule has 0 saturated carbocycles. The lowest BCUT2D eigenvalue weighted by Crippen LogP contribution is -2.46. The molecule has 32 heavy (non-hydrogen) atoms. The average Bonchev–Trinajstić information content (AvgIpc) is 2.78. The summed E-state index contributed by atoms with van der Waals surface area (Å²) >= 11 is 0. The van der Waals surface area contributed by atoms with Gasteiger partial charge in [0.1, 0.15) is 5.82 Å². The molecule has 172 valence electrons. The zero-order valence-corrected chi connectivity index (χ0v) is 19.9. The predicted octanol–water partition coefficient (Wildman–Crippen LogP) is 3.01. The predicted molar refractivity (Wildman–Crippen MR) is 130 cm³/mol. The first kappa shape index (κ1) is 22.3. The second-order valence-electron chi connectivity index (χ2n) is 9.34. The van der Waals surface area contributed by atoms with Crippen molar-refractivity contribution in [3.05, 3.63) is 41.1 Å². The van der Waals surface area contributed by atoms with Gasteiger partial charge in [0.2, 0.25) is 5.95 Å². The fraction of sp³-hybridized carbons (Fsp3) is 0.542. The number of piperazine rings is 1. The first-order chi connectivity index (χ1) is 15.3. The summed E-state index contributed by atoms with van der Waals surface area (Å²) < 4.78 is 0. The maximum Gasteiger partial charge on any atom is 0.322 e. The maximum atomic E-state index is 13.0. The van der Waals surface area contributed by atoms with Crippen LogP contribution in [0.1, 0.15) is 36.6 Å². The Hall–Kier alpha value is -2.87. The van der Waals surface area contributed by atoms with E-state index in [0.717, 1.165) is 61.3 Å². The summed E-state index contributed by atoms with van der Waals surface area (Å²) in [6.07, 6.45) is 0.735. The lowest BCUT2D eigenvalue weighted by atomic mass is 10.0. The van der Waals surface area contributed by atoms with Crippen LogP contribution in [0.25, 0.3) is 0 Å². The molecular formula is C24H35N7O. The molecule has 4 rings (SSSR count). The highest BCUT2D eigenvalue weighted by molar-refractivity contribution is 5.89. The number of hydrogen-bond acceptors (Lipinski definition) is 6. The van der Waals surface area contributed by atoms with Crippen LogP contribution in [0.2, 0.25) is 0 Å². The number of likely N-dealkylation sites (N-methyl/N-ethyl adjacent to an activating group) is 1. The quantitative estimate of drug-likeness (QED) is 0.793. The highest BCUT2D eigenvalue weighted by atomic mass is 16.2. The number of urea groups is 1. The summed E-state index contributed by atoms with van der Waals surface area (Å²) in [5.41, 5.74) is 4.19. The molecule has 2 aliphatic rings. The molecular weight excluding hydrogens is 402 g/mol. The molecule has 0 bridgehead atoms. The van der Waals surface area contributed by atoms with Crippen LogP contribution in [-0.4, -0.2) is 79.7 Å². The van der Waals surface area contributed by atoms with Crippen LogP contribution >= 0.6 is 0 Å². The number of carbonyl (C=O) groups is 1. The maximum absolute atomic E-state index is 13.0.